The molecule has 1 N–H and O–H groups in total. The van der Waals surface area contributed by atoms with Crippen LogP contribution in [0, 0.1) is 0 Å². The number of benzene rings is 3. The van der Waals surface area contributed by atoms with E-state index in [1.165, 1.54) is 0 Å². The standard InChI is InChI=1S/C34H36O9/c1-3-32(36)41-21-7-5-4-6-20-39-29-16-12-28(13-17-29)34(38)43-31-18-10-27(11-19-31)26-8-14-30(15-9-26)40-22-23-42-33(37)25(2)24-35/h3,8-19,35H,1-2,4-7,20-24H2. The minimum Gasteiger partial charge on any atom is -0.494 e. The van der Waals surface area contributed by atoms with Crippen molar-refractivity contribution in [1.29, 1.82) is 0 Å². The first-order valence-corrected chi connectivity index (χ1v) is 13.9. The van der Waals surface area contributed by atoms with E-state index in [1.54, 1.807) is 48.5 Å². The Labute approximate surface area is 251 Å². The average Bonchev–Trinajstić information content (AvgIpc) is 3.04. The van der Waals surface area contributed by atoms with Crippen LogP contribution in [0.4, 0.5) is 0 Å². The highest BCUT2D eigenvalue weighted by Crippen LogP contribution is 2.25. The lowest BCUT2D eigenvalue weighted by Crippen LogP contribution is -2.14. The number of carbonyl (C=O) groups is 3. The fourth-order valence-electron chi connectivity index (χ4n) is 3.75. The summed E-state index contributed by atoms with van der Waals surface area (Å²) in [5.41, 5.74) is 2.28. The largest absolute Gasteiger partial charge is 0.494 e. The molecule has 0 saturated heterocycles. The van der Waals surface area contributed by atoms with Gasteiger partial charge in [-0.2, -0.15) is 0 Å². The van der Waals surface area contributed by atoms with Gasteiger partial charge in [-0.25, -0.2) is 14.4 Å². The average molecular weight is 589 g/mol. The van der Waals surface area contributed by atoms with Crippen LogP contribution in [0.25, 0.3) is 11.1 Å². The van der Waals surface area contributed by atoms with Crippen molar-refractivity contribution in [2.75, 3.05) is 33.0 Å². The zero-order valence-electron chi connectivity index (χ0n) is 24.0. The first-order valence-electron chi connectivity index (χ1n) is 13.9. The predicted molar refractivity (Wildman–Crippen MR) is 161 cm³/mol. The highest BCUT2D eigenvalue weighted by atomic mass is 16.6. The molecule has 3 aromatic rings. The zero-order valence-corrected chi connectivity index (χ0v) is 24.0. The van der Waals surface area contributed by atoms with Crippen molar-refractivity contribution in [2.45, 2.75) is 25.7 Å². The van der Waals surface area contributed by atoms with Crippen LogP contribution >= 0.6 is 0 Å². The van der Waals surface area contributed by atoms with Crippen molar-refractivity contribution in [3.8, 4) is 28.4 Å². The highest BCUT2D eigenvalue weighted by molar-refractivity contribution is 5.91. The fourth-order valence-corrected chi connectivity index (χ4v) is 3.75. The normalized spacial score (nSPS) is 10.3. The van der Waals surface area contributed by atoms with Gasteiger partial charge >= 0.3 is 17.9 Å². The van der Waals surface area contributed by atoms with E-state index >= 15 is 0 Å². The quantitative estimate of drug-likeness (QED) is 0.0863. The van der Waals surface area contributed by atoms with Crippen LogP contribution in [0.5, 0.6) is 17.2 Å². The lowest BCUT2D eigenvalue weighted by molar-refractivity contribution is -0.140. The van der Waals surface area contributed by atoms with Crippen molar-refractivity contribution >= 4 is 17.9 Å². The van der Waals surface area contributed by atoms with Crippen molar-refractivity contribution in [1.82, 2.24) is 0 Å². The van der Waals surface area contributed by atoms with Crippen molar-refractivity contribution < 1.29 is 43.2 Å². The minimum atomic E-state index is -0.652. The molecule has 0 aliphatic heterocycles. The van der Waals surface area contributed by atoms with Gasteiger partial charge in [0.1, 0.15) is 30.5 Å². The predicted octanol–water partition coefficient (Wildman–Crippen LogP) is 5.71. The molecule has 0 aliphatic carbocycles. The van der Waals surface area contributed by atoms with Crippen molar-refractivity contribution in [3.63, 3.8) is 0 Å². The van der Waals surface area contributed by atoms with Gasteiger partial charge in [0.15, 0.2) is 0 Å². The molecule has 0 aliphatic rings. The third kappa shape index (κ3) is 11.5. The maximum Gasteiger partial charge on any atom is 0.343 e. The second-order valence-corrected chi connectivity index (χ2v) is 9.34. The second kappa shape index (κ2) is 17.8. The van der Waals surface area contributed by atoms with E-state index < -0.39 is 24.5 Å². The SMILES string of the molecule is C=CC(=O)OCCCCCCOc1ccc(C(=O)Oc2ccc(-c3ccc(OCCOC(=O)C(=C)CO)cc3)cc2)cc1. The summed E-state index contributed by atoms with van der Waals surface area (Å²) in [5.74, 6) is 0.189. The summed E-state index contributed by atoms with van der Waals surface area (Å²) in [6.45, 7) is 7.47. The Morgan fingerprint density at radius 1 is 0.651 bits per heavy atom. The molecule has 0 aromatic heterocycles. The van der Waals surface area contributed by atoms with Gasteiger partial charge < -0.3 is 28.8 Å². The molecule has 43 heavy (non-hydrogen) atoms. The van der Waals surface area contributed by atoms with E-state index in [0.29, 0.717) is 36.0 Å². The van der Waals surface area contributed by atoms with Gasteiger partial charge in [-0.15, -0.1) is 0 Å². The maximum atomic E-state index is 12.6. The molecule has 3 aromatic carbocycles. The molecule has 0 saturated carbocycles. The molecule has 9 nitrogen and oxygen atoms in total. The summed E-state index contributed by atoms with van der Waals surface area (Å²) < 4.78 is 26.7. The molecule has 0 radical (unpaired) electrons. The van der Waals surface area contributed by atoms with Crippen LogP contribution in [0.1, 0.15) is 36.0 Å². The van der Waals surface area contributed by atoms with Crippen LogP contribution in [-0.4, -0.2) is 56.0 Å². The fraction of sp³-hybridized carbons (Fsp3) is 0.265. The van der Waals surface area contributed by atoms with Gasteiger partial charge in [-0.05, 0) is 85.3 Å². The topological polar surface area (TPSA) is 118 Å². The number of ether oxygens (including phenoxy) is 5. The molecule has 9 heteroatoms. The molecule has 0 fully saturated rings. The molecular weight excluding hydrogens is 552 g/mol. The lowest BCUT2D eigenvalue weighted by atomic mass is 10.1. The number of aliphatic hydroxyl groups excluding tert-OH is 1. The first kappa shape index (κ1) is 32.6. The molecule has 0 heterocycles. The summed E-state index contributed by atoms with van der Waals surface area (Å²) in [4.78, 5) is 35.0. The molecule has 0 amide bonds. The summed E-state index contributed by atoms with van der Waals surface area (Å²) in [7, 11) is 0. The number of unbranched alkanes of at least 4 members (excludes halogenated alkanes) is 3. The molecule has 0 unspecified atom stereocenters. The van der Waals surface area contributed by atoms with E-state index in [2.05, 4.69) is 13.2 Å². The first-order chi connectivity index (χ1) is 20.9. The maximum absolute atomic E-state index is 12.6. The van der Waals surface area contributed by atoms with E-state index in [-0.39, 0.29) is 18.8 Å². The Morgan fingerprint density at radius 2 is 1.19 bits per heavy atom. The van der Waals surface area contributed by atoms with Crippen molar-refractivity contribution in [2.24, 2.45) is 0 Å². The monoisotopic (exact) mass is 588 g/mol. The lowest BCUT2D eigenvalue weighted by Gasteiger charge is -2.09. The van der Waals surface area contributed by atoms with E-state index in [0.717, 1.165) is 42.9 Å². The number of rotatable bonds is 18. The Hall–Kier alpha value is -4.89. The summed E-state index contributed by atoms with van der Waals surface area (Å²) in [6.07, 6.45) is 4.72. The van der Waals surface area contributed by atoms with Gasteiger partial charge in [0, 0.05) is 6.08 Å². The Bertz CT molecular complexity index is 1340. The van der Waals surface area contributed by atoms with Crippen LogP contribution < -0.4 is 14.2 Å². The summed E-state index contributed by atoms with van der Waals surface area (Å²) >= 11 is 0. The zero-order chi connectivity index (χ0) is 30.9. The summed E-state index contributed by atoms with van der Waals surface area (Å²) in [5, 5.41) is 8.86. The number of aliphatic hydroxyl groups is 1. The van der Waals surface area contributed by atoms with E-state index in [9.17, 15) is 14.4 Å². The smallest absolute Gasteiger partial charge is 0.343 e. The van der Waals surface area contributed by atoms with Crippen LogP contribution in [-0.2, 0) is 19.1 Å². The molecule has 0 spiro atoms. The Balaban J connectivity index is 1.37. The number of esters is 3. The van der Waals surface area contributed by atoms with Crippen LogP contribution in [0.3, 0.4) is 0 Å². The second-order valence-electron chi connectivity index (χ2n) is 9.34. The number of hydrogen-bond acceptors (Lipinski definition) is 9. The van der Waals surface area contributed by atoms with Crippen LogP contribution in [0.2, 0.25) is 0 Å². The Kier molecular flexibility index (Phi) is 13.5. The molecule has 0 atom stereocenters. The highest BCUT2D eigenvalue weighted by Gasteiger charge is 2.10. The van der Waals surface area contributed by atoms with Crippen molar-refractivity contribution in [3.05, 3.63) is 103 Å². The Morgan fingerprint density at radius 3 is 1.77 bits per heavy atom. The molecule has 226 valence electrons. The van der Waals surface area contributed by atoms with Crippen LogP contribution in [0.15, 0.2) is 97.6 Å². The van der Waals surface area contributed by atoms with E-state index in [1.807, 2.05) is 24.3 Å². The van der Waals surface area contributed by atoms with Gasteiger partial charge in [-0.1, -0.05) is 37.4 Å². The van der Waals surface area contributed by atoms with Gasteiger partial charge in [-0.3, -0.25) is 0 Å². The minimum absolute atomic E-state index is 0.00684. The molecule has 0 bridgehead atoms. The number of hydrogen-bond donors (Lipinski definition) is 1. The molecular formula is C34H36O9. The van der Waals surface area contributed by atoms with Gasteiger partial charge in [0.25, 0.3) is 0 Å². The third-order valence-corrected chi connectivity index (χ3v) is 6.13. The van der Waals surface area contributed by atoms with Gasteiger partial charge in [0.2, 0.25) is 0 Å². The number of carbonyl (C=O) groups excluding carboxylic acids is 3. The third-order valence-electron chi connectivity index (χ3n) is 6.13. The van der Waals surface area contributed by atoms with Gasteiger partial charge in [0.05, 0.1) is 31.0 Å². The summed E-state index contributed by atoms with van der Waals surface area (Å²) in [6, 6.07) is 21.4. The van der Waals surface area contributed by atoms with E-state index in [4.69, 9.17) is 28.8 Å². The molecule has 3 rings (SSSR count).